The number of carbonyl (C=O) groups is 2. The van der Waals surface area contributed by atoms with E-state index in [1.54, 1.807) is 68.4 Å². The predicted octanol–water partition coefficient (Wildman–Crippen LogP) is 6.48. The minimum Gasteiger partial charge on any atom is -0.354 e. The maximum Gasteiger partial charge on any atom is 0.264 e. The van der Waals surface area contributed by atoms with Crippen molar-refractivity contribution in [3.05, 3.63) is 92.9 Å². The Morgan fingerprint density at radius 1 is 0.950 bits per heavy atom. The van der Waals surface area contributed by atoms with Crippen LogP contribution in [0.4, 0.5) is 5.69 Å². The van der Waals surface area contributed by atoms with E-state index in [4.69, 9.17) is 34.8 Å². The second kappa shape index (κ2) is 14.2. The van der Waals surface area contributed by atoms with Gasteiger partial charge in [0.15, 0.2) is 0 Å². The summed E-state index contributed by atoms with van der Waals surface area (Å²) in [4.78, 5) is 28.4. The van der Waals surface area contributed by atoms with E-state index in [9.17, 15) is 18.0 Å². The molecule has 0 fully saturated rings. The van der Waals surface area contributed by atoms with Gasteiger partial charge in [-0.2, -0.15) is 0 Å². The Bertz CT molecular complexity index is 1450. The number of rotatable bonds is 12. The molecule has 1 atom stereocenters. The third-order valence-corrected chi connectivity index (χ3v) is 9.12. The van der Waals surface area contributed by atoms with Crippen LogP contribution in [0.5, 0.6) is 0 Å². The molecule has 0 saturated heterocycles. The number of hydrogen-bond donors (Lipinski definition) is 1. The molecule has 0 unspecified atom stereocenters. The maximum atomic E-state index is 14.0. The smallest absolute Gasteiger partial charge is 0.264 e. The van der Waals surface area contributed by atoms with Gasteiger partial charge < -0.3 is 10.2 Å². The van der Waals surface area contributed by atoms with E-state index < -0.39 is 28.5 Å². The first kappa shape index (κ1) is 31.7. The molecular weight excluding hydrogens is 593 g/mol. The molecule has 0 aliphatic carbocycles. The lowest BCUT2D eigenvalue weighted by Crippen LogP contribution is -2.51. The summed E-state index contributed by atoms with van der Waals surface area (Å²) in [7, 11) is -4.16. The quantitative estimate of drug-likeness (QED) is 0.234. The van der Waals surface area contributed by atoms with Crippen LogP contribution in [0.15, 0.2) is 71.6 Å². The zero-order chi connectivity index (χ0) is 29.4. The lowest BCUT2D eigenvalue weighted by atomic mass is 10.1. The van der Waals surface area contributed by atoms with Crippen molar-refractivity contribution in [2.75, 3.05) is 17.4 Å². The van der Waals surface area contributed by atoms with Crippen molar-refractivity contribution in [2.24, 2.45) is 0 Å². The van der Waals surface area contributed by atoms with Crippen molar-refractivity contribution in [3.63, 3.8) is 0 Å². The van der Waals surface area contributed by atoms with E-state index in [2.05, 4.69) is 5.32 Å². The van der Waals surface area contributed by atoms with Crippen molar-refractivity contribution >= 4 is 62.3 Å². The number of benzene rings is 3. The van der Waals surface area contributed by atoms with Gasteiger partial charge in [-0.25, -0.2) is 8.42 Å². The molecule has 3 aromatic rings. The number of nitrogens with one attached hydrogen (secondary N) is 1. The summed E-state index contributed by atoms with van der Waals surface area (Å²) in [6, 6.07) is 16.7. The van der Waals surface area contributed by atoms with Gasteiger partial charge in [-0.05, 0) is 73.9 Å². The van der Waals surface area contributed by atoms with E-state index in [0.717, 1.165) is 17.1 Å². The molecule has 40 heavy (non-hydrogen) atoms. The molecule has 0 aromatic heterocycles. The molecule has 7 nitrogen and oxygen atoms in total. The SMILES string of the molecule is CCCCNC(=O)[C@H](C)N(Cc1ccc(Cl)c(Cl)c1)C(=O)CN(c1ccc(Cl)cc1C)S(=O)(=O)c1ccccc1. The Morgan fingerprint density at radius 2 is 1.65 bits per heavy atom. The van der Waals surface area contributed by atoms with Crippen LogP contribution in [-0.2, 0) is 26.2 Å². The monoisotopic (exact) mass is 623 g/mol. The number of amides is 2. The second-order valence-electron chi connectivity index (χ2n) is 9.35. The third-order valence-electron chi connectivity index (χ3n) is 6.37. The van der Waals surface area contributed by atoms with Crippen molar-refractivity contribution < 1.29 is 18.0 Å². The van der Waals surface area contributed by atoms with E-state index >= 15 is 0 Å². The normalized spacial score (nSPS) is 12.1. The van der Waals surface area contributed by atoms with E-state index in [1.807, 2.05) is 6.92 Å². The predicted molar refractivity (Wildman–Crippen MR) is 162 cm³/mol. The number of carbonyl (C=O) groups excluding carboxylic acids is 2. The zero-order valence-corrected chi connectivity index (χ0v) is 25.6. The summed E-state index contributed by atoms with van der Waals surface area (Å²) in [6.07, 6.45) is 1.69. The van der Waals surface area contributed by atoms with Crippen LogP contribution in [0.1, 0.15) is 37.8 Å². The highest BCUT2D eigenvalue weighted by Crippen LogP contribution is 2.30. The molecule has 2 amide bonds. The summed E-state index contributed by atoms with van der Waals surface area (Å²) in [5.74, 6) is -0.917. The molecule has 3 aromatic carbocycles. The summed E-state index contributed by atoms with van der Waals surface area (Å²) in [6.45, 7) is 5.27. The fourth-order valence-electron chi connectivity index (χ4n) is 4.09. The molecule has 3 rings (SSSR count). The second-order valence-corrected chi connectivity index (χ2v) is 12.5. The summed E-state index contributed by atoms with van der Waals surface area (Å²) >= 11 is 18.4. The first-order chi connectivity index (χ1) is 18.9. The highest BCUT2D eigenvalue weighted by molar-refractivity contribution is 7.92. The van der Waals surface area contributed by atoms with Gasteiger partial charge in [-0.1, -0.05) is 72.4 Å². The van der Waals surface area contributed by atoms with Crippen molar-refractivity contribution in [2.45, 2.75) is 51.1 Å². The number of aryl methyl sites for hydroxylation is 1. The molecule has 0 aliphatic heterocycles. The molecule has 0 spiro atoms. The van der Waals surface area contributed by atoms with Crippen molar-refractivity contribution in [3.8, 4) is 0 Å². The molecule has 0 saturated carbocycles. The molecule has 0 bridgehead atoms. The number of sulfonamides is 1. The molecule has 0 heterocycles. The first-order valence-electron chi connectivity index (χ1n) is 12.8. The maximum absolute atomic E-state index is 14.0. The topological polar surface area (TPSA) is 86.8 Å². The molecule has 214 valence electrons. The standard InChI is InChI=1S/C29H32Cl3N3O4S/c1-4-5-15-33-29(37)21(3)34(18-22-11-13-25(31)26(32)17-22)28(36)19-35(27-14-12-23(30)16-20(27)2)40(38,39)24-9-7-6-8-10-24/h6-14,16-17,21H,4-5,15,18-19H2,1-3H3,(H,33,37)/t21-/m0/s1. The average molecular weight is 625 g/mol. The highest BCUT2D eigenvalue weighted by Gasteiger charge is 2.33. The fourth-order valence-corrected chi connectivity index (χ4v) is 6.13. The van der Waals surface area contributed by atoms with Gasteiger partial charge in [-0.15, -0.1) is 0 Å². The van der Waals surface area contributed by atoms with Gasteiger partial charge >= 0.3 is 0 Å². The molecule has 1 N–H and O–H groups in total. The Kier molecular flexibility index (Phi) is 11.3. The van der Waals surface area contributed by atoms with Crippen LogP contribution in [0.25, 0.3) is 0 Å². The van der Waals surface area contributed by atoms with Gasteiger partial charge in [-0.3, -0.25) is 13.9 Å². The van der Waals surface area contributed by atoms with Gasteiger partial charge in [0.05, 0.1) is 20.6 Å². The van der Waals surface area contributed by atoms with Crippen LogP contribution >= 0.6 is 34.8 Å². The Labute approximate surface area is 251 Å². The minimum atomic E-state index is -4.16. The van der Waals surface area contributed by atoms with Gasteiger partial charge in [0.25, 0.3) is 10.0 Å². The third kappa shape index (κ3) is 7.91. The van der Waals surface area contributed by atoms with Crippen LogP contribution < -0.4 is 9.62 Å². The number of anilines is 1. The lowest BCUT2D eigenvalue weighted by molar-refractivity contribution is -0.139. The molecular formula is C29H32Cl3N3O4S. The number of unbranched alkanes of at least 4 members (excludes halogenated alkanes) is 1. The van der Waals surface area contributed by atoms with Gasteiger partial charge in [0.2, 0.25) is 11.8 Å². The van der Waals surface area contributed by atoms with E-state index in [1.165, 1.54) is 17.0 Å². The van der Waals surface area contributed by atoms with Gasteiger partial charge in [0, 0.05) is 18.1 Å². The van der Waals surface area contributed by atoms with Crippen molar-refractivity contribution in [1.29, 1.82) is 0 Å². The largest absolute Gasteiger partial charge is 0.354 e. The number of hydrogen-bond acceptors (Lipinski definition) is 4. The zero-order valence-electron chi connectivity index (χ0n) is 22.5. The van der Waals surface area contributed by atoms with Crippen molar-refractivity contribution in [1.82, 2.24) is 10.2 Å². The molecule has 0 aliphatic rings. The van der Waals surface area contributed by atoms with Crippen LogP contribution in [-0.4, -0.2) is 44.3 Å². The molecule has 0 radical (unpaired) electrons. The Hall–Kier alpha value is -2.78. The number of nitrogens with zero attached hydrogens (tertiary/aromatic N) is 2. The number of halogens is 3. The fraction of sp³-hybridized carbons (Fsp3) is 0.310. The first-order valence-corrected chi connectivity index (χ1v) is 15.4. The minimum absolute atomic E-state index is 0.0108. The summed E-state index contributed by atoms with van der Waals surface area (Å²) < 4.78 is 28.8. The van der Waals surface area contributed by atoms with Crippen LogP contribution in [0.3, 0.4) is 0 Å². The summed E-state index contributed by atoms with van der Waals surface area (Å²) in [5, 5.41) is 3.94. The molecule has 11 heteroatoms. The van der Waals surface area contributed by atoms with E-state index in [0.29, 0.717) is 38.4 Å². The Morgan fingerprint density at radius 3 is 2.27 bits per heavy atom. The van der Waals surface area contributed by atoms with Crippen LogP contribution in [0.2, 0.25) is 15.1 Å². The highest BCUT2D eigenvalue weighted by atomic mass is 35.5. The summed E-state index contributed by atoms with van der Waals surface area (Å²) in [5.41, 5.74) is 1.51. The van der Waals surface area contributed by atoms with Gasteiger partial charge in [0.1, 0.15) is 12.6 Å². The Balaban J connectivity index is 2.03. The lowest BCUT2D eigenvalue weighted by Gasteiger charge is -2.32. The van der Waals surface area contributed by atoms with Crippen LogP contribution in [0, 0.1) is 6.92 Å². The average Bonchev–Trinajstić information content (AvgIpc) is 2.92. The van der Waals surface area contributed by atoms with E-state index in [-0.39, 0.29) is 17.3 Å².